The number of anilines is 1. The van der Waals surface area contributed by atoms with E-state index in [1.54, 1.807) is 24.3 Å². The second-order valence-corrected chi connectivity index (χ2v) is 10.5. The number of ether oxygens (including phenoxy) is 1. The Kier molecular flexibility index (Phi) is 6.40. The first-order valence-electron chi connectivity index (χ1n) is 11.5. The molecule has 8 heteroatoms. The average molecular weight is 563 g/mol. The number of hydrogen-bond donors (Lipinski definition) is 1. The van der Waals surface area contributed by atoms with Crippen molar-refractivity contribution in [2.45, 2.75) is 26.8 Å². The zero-order valence-corrected chi connectivity index (χ0v) is 22.3. The SMILES string of the molecule is CCOc1cccc(/C(O)=C2\C(=O)C(=O)N(c3nc4c(C)cc(C)cc4s3)C2c2cccc(Br)c2)c1. The van der Waals surface area contributed by atoms with Crippen molar-refractivity contribution >= 4 is 60.1 Å². The van der Waals surface area contributed by atoms with Gasteiger partial charge >= 0.3 is 5.91 Å². The van der Waals surface area contributed by atoms with Gasteiger partial charge in [0.1, 0.15) is 11.5 Å². The minimum absolute atomic E-state index is 0.0129. The van der Waals surface area contributed by atoms with Crippen LogP contribution in [0.2, 0.25) is 0 Å². The fourth-order valence-corrected chi connectivity index (χ4v) is 6.12. The van der Waals surface area contributed by atoms with Crippen molar-refractivity contribution < 1.29 is 19.4 Å². The molecule has 4 aromatic rings. The Labute approximate surface area is 221 Å². The number of aryl methyl sites for hydroxylation is 2. The number of carbonyl (C=O) groups excluding carboxylic acids is 2. The third kappa shape index (κ3) is 4.20. The van der Waals surface area contributed by atoms with Crippen LogP contribution < -0.4 is 9.64 Å². The number of nitrogens with zero attached hydrogens (tertiary/aromatic N) is 2. The molecule has 1 atom stereocenters. The van der Waals surface area contributed by atoms with Crippen LogP contribution in [-0.2, 0) is 9.59 Å². The highest BCUT2D eigenvalue weighted by Gasteiger charge is 2.48. The van der Waals surface area contributed by atoms with E-state index in [-0.39, 0.29) is 11.3 Å². The van der Waals surface area contributed by atoms with Gasteiger partial charge in [0.25, 0.3) is 5.78 Å². The molecule has 1 saturated heterocycles. The average Bonchev–Trinajstić information content (AvgIpc) is 3.38. The zero-order chi connectivity index (χ0) is 25.6. The molecule has 1 N–H and O–H groups in total. The molecule has 1 aliphatic rings. The predicted octanol–water partition coefficient (Wildman–Crippen LogP) is 6.70. The molecule has 0 bridgehead atoms. The first-order valence-corrected chi connectivity index (χ1v) is 13.1. The van der Waals surface area contributed by atoms with Crippen molar-refractivity contribution in [1.82, 2.24) is 4.98 Å². The summed E-state index contributed by atoms with van der Waals surface area (Å²) in [7, 11) is 0. The van der Waals surface area contributed by atoms with Crippen LogP contribution in [0.1, 0.15) is 35.2 Å². The molecule has 6 nitrogen and oxygen atoms in total. The number of aliphatic hydroxyl groups is 1. The first kappa shape index (κ1) is 24.2. The second-order valence-electron chi connectivity index (χ2n) is 8.61. The maximum atomic E-state index is 13.5. The second kappa shape index (κ2) is 9.52. The Morgan fingerprint density at radius 2 is 1.89 bits per heavy atom. The number of fused-ring (bicyclic) bond motifs is 1. The van der Waals surface area contributed by atoms with Gasteiger partial charge in [-0.2, -0.15) is 0 Å². The van der Waals surface area contributed by atoms with Gasteiger partial charge < -0.3 is 9.84 Å². The van der Waals surface area contributed by atoms with E-state index in [0.29, 0.717) is 28.6 Å². The molecule has 1 aliphatic heterocycles. The van der Waals surface area contributed by atoms with Crippen molar-refractivity contribution in [3.8, 4) is 5.75 Å². The van der Waals surface area contributed by atoms with Gasteiger partial charge in [-0.15, -0.1) is 0 Å². The number of aromatic nitrogens is 1. The Balaban J connectivity index is 1.73. The molecular weight excluding hydrogens is 540 g/mol. The summed E-state index contributed by atoms with van der Waals surface area (Å²) < 4.78 is 7.29. The predicted molar refractivity (Wildman–Crippen MR) is 146 cm³/mol. The van der Waals surface area contributed by atoms with Gasteiger partial charge in [0.2, 0.25) is 0 Å². The van der Waals surface area contributed by atoms with E-state index in [0.717, 1.165) is 25.8 Å². The van der Waals surface area contributed by atoms with Crippen molar-refractivity contribution in [2.75, 3.05) is 11.5 Å². The number of carbonyl (C=O) groups is 2. The number of ketones is 1. The Morgan fingerprint density at radius 3 is 2.64 bits per heavy atom. The molecule has 5 rings (SSSR count). The molecule has 1 amide bonds. The van der Waals surface area contributed by atoms with Crippen LogP contribution >= 0.6 is 27.3 Å². The van der Waals surface area contributed by atoms with Crippen LogP contribution in [0.5, 0.6) is 5.75 Å². The van der Waals surface area contributed by atoms with Crippen molar-refractivity contribution in [1.29, 1.82) is 0 Å². The summed E-state index contributed by atoms with van der Waals surface area (Å²) in [6, 6.07) is 17.5. The van der Waals surface area contributed by atoms with Crippen LogP contribution in [0, 0.1) is 13.8 Å². The van der Waals surface area contributed by atoms with Gasteiger partial charge in [-0.1, -0.05) is 57.6 Å². The molecule has 182 valence electrons. The van der Waals surface area contributed by atoms with Crippen LogP contribution in [0.3, 0.4) is 0 Å². The standard InChI is InChI=1S/C28H23BrN2O4S/c1-4-35-20-10-6-8-18(14-20)25(32)22-24(17-7-5-9-19(29)13-17)31(27(34)26(22)33)28-30-23-16(3)11-15(2)12-21(23)36-28/h5-14,24,32H,4H2,1-3H3/b25-22+. The molecule has 0 radical (unpaired) electrons. The summed E-state index contributed by atoms with van der Waals surface area (Å²) in [4.78, 5) is 33.1. The number of benzene rings is 3. The van der Waals surface area contributed by atoms with Gasteiger partial charge in [-0.3, -0.25) is 14.5 Å². The Morgan fingerprint density at radius 1 is 1.11 bits per heavy atom. The highest BCUT2D eigenvalue weighted by Crippen LogP contribution is 2.45. The van der Waals surface area contributed by atoms with Gasteiger partial charge in [0.05, 0.1) is 28.4 Å². The fraction of sp³-hybridized carbons (Fsp3) is 0.179. The number of amides is 1. The summed E-state index contributed by atoms with van der Waals surface area (Å²) in [5.74, 6) is -1.18. The molecule has 0 aliphatic carbocycles. The minimum Gasteiger partial charge on any atom is -0.507 e. The van der Waals surface area contributed by atoms with Crippen LogP contribution in [0.25, 0.3) is 16.0 Å². The molecule has 2 heterocycles. The highest BCUT2D eigenvalue weighted by atomic mass is 79.9. The quantitative estimate of drug-likeness (QED) is 0.166. The van der Waals surface area contributed by atoms with E-state index in [4.69, 9.17) is 9.72 Å². The van der Waals surface area contributed by atoms with Gasteiger partial charge in [-0.25, -0.2) is 4.98 Å². The van der Waals surface area contributed by atoms with Crippen molar-refractivity contribution in [3.63, 3.8) is 0 Å². The van der Waals surface area contributed by atoms with Gasteiger partial charge in [0.15, 0.2) is 5.13 Å². The number of thiazole rings is 1. The van der Waals surface area contributed by atoms with E-state index < -0.39 is 17.7 Å². The number of halogens is 1. The monoisotopic (exact) mass is 562 g/mol. The smallest absolute Gasteiger partial charge is 0.301 e. The van der Waals surface area contributed by atoms with Crippen molar-refractivity contribution in [2.24, 2.45) is 0 Å². The third-order valence-corrected chi connectivity index (χ3v) is 7.55. The number of aliphatic hydroxyl groups excluding tert-OH is 1. The first-order chi connectivity index (χ1) is 17.3. The van der Waals surface area contributed by atoms with Gasteiger partial charge in [-0.05, 0) is 67.8 Å². The lowest BCUT2D eigenvalue weighted by atomic mass is 9.95. The minimum atomic E-state index is -0.847. The van der Waals surface area contributed by atoms with E-state index in [2.05, 4.69) is 15.9 Å². The van der Waals surface area contributed by atoms with Crippen molar-refractivity contribution in [3.05, 3.63) is 93.0 Å². The molecule has 36 heavy (non-hydrogen) atoms. The third-order valence-electron chi connectivity index (χ3n) is 6.05. The Bertz CT molecular complexity index is 1560. The molecule has 3 aromatic carbocycles. The normalized spacial score (nSPS) is 17.2. The number of Topliss-reactive ketones (excluding diaryl/α,β-unsaturated/α-hetero) is 1. The molecule has 1 fully saturated rings. The molecule has 1 aromatic heterocycles. The van der Waals surface area contributed by atoms with E-state index in [1.807, 2.05) is 57.2 Å². The fourth-order valence-electron chi connectivity index (χ4n) is 4.54. The lowest BCUT2D eigenvalue weighted by molar-refractivity contribution is -0.132. The maximum absolute atomic E-state index is 13.5. The van der Waals surface area contributed by atoms with Crippen LogP contribution in [0.4, 0.5) is 5.13 Å². The topological polar surface area (TPSA) is 79.7 Å². The van der Waals surface area contributed by atoms with E-state index in [9.17, 15) is 14.7 Å². The summed E-state index contributed by atoms with van der Waals surface area (Å²) in [6.45, 7) is 6.32. The number of rotatable bonds is 5. The lowest BCUT2D eigenvalue weighted by Crippen LogP contribution is -2.29. The summed E-state index contributed by atoms with van der Waals surface area (Å²) in [6.07, 6.45) is 0. The maximum Gasteiger partial charge on any atom is 0.301 e. The van der Waals surface area contributed by atoms with Crippen LogP contribution in [-0.4, -0.2) is 28.4 Å². The zero-order valence-electron chi connectivity index (χ0n) is 19.9. The molecule has 0 saturated carbocycles. The van der Waals surface area contributed by atoms with Crippen LogP contribution in [0.15, 0.2) is 70.7 Å². The molecular formula is C28H23BrN2O4S. The van der Waals surface area contributed by atoms with Gasteiger partial charge in [0, 0.05) is 10.0 Å². The summed E-state index contributed by atoms with van der Waals surface area (Å²) in [5.41, 5.74) is 3.97. The lowest BCUT2D eigenvalue weighted by Gasteiger charge is -2.23. The summed E-state index contributed by atoms with van der Waals surface area (Å²) in [5, 5.41) is 11.8. The summed E-state index contributed by atoms with van der Waals surface area (Å²) >= 11 is 4.85. The Hall–Kier alpha value is -3.49. The van der Waals surface area contributed by atoms with E-state index >= 15 is 0 Å². The molecule has 1 unspecified atom stereocenters. The van der Waals surface area contributed by atoms with E-state index in [1.165, 1.54) is 16.2 Å². The highest BCUT2D eigenvalue weighted by molar-refractivity contribution is 9.10. The largest absolute Gasteiger partial charge is 0.507 e. The molecule has 0 spiro atoms. The number of hydrogen-bond acceptors (Lipinski definition) is 6.